The molecule has 1 aromatic heterocycles. The number of hydrogen-bond acceptors (Lipinski definition) is 5. The maximum Gasteiger partial charge on any atom is 0.227 e. The zero-order valence-corrected chi connectivity index (χ0v) is 12.3. The van der Waals surface area contributed by atoms with Crippen molar-refractivity contribution in [2.75, 3.05) is 7.11 Å². The highest BCUT2D eigenvalue weighted by Crippen LogP contribution is 2.29. The lowest BCUT2D eigenvalue weighted by Crippen LogP contribution is -2.34. The maximum atomic E-state index is 6.18. The highest BCUT2D eigenvalue weighted by atomic mass is 16.5. The highest BCUT2D eigenvalue weighted by molar-refractivity contribution is 5.63. The van der Waals surface area contributed by atoms with Crippen LogP contribution in [0.2, 0.25) is 0 Å². The van der Waals surface area contributed by atoms with Crippen molar-refractivity contribution in [1.29, 1.82) is 0 Å². The summed E-state index contributed by atoms with van der Waals surface area (Å²) in [6.07, 6.45) is 5.48. The van der Waals surface area contributed by atoms with Gasteiger partial charge < -0.3 is 15.0 Å². The van der Waals surface area contributed by atoms with Gasteiger partial charge in [-0.1, -0.05) is 30.1 Å². The van der Waals surface area contributed by atoms with Crippen LogP contribution in [0.5, 0.6) is 5.75 Å². The quantitative estimate of drug-likeness (QED) is 0.936. The van der Waals surface area contributed by atoms with Crippen molar-refractivity contribution in [2.24, 2.45) is 11.7 Å². The van der Waals surface area contributed by atoms with Crippen molar-refractivity contribution in [2.45, 2.75) is 38.1 Å². The first-order valence-electron chi connectivity index (χ1n) is 7.49. The molecule has 1 aliphatic carbocycles. The molecule has 0 saturated heterocycles. The molecular weight excluding hydrogens is 266 g/mol. The molecule has 2 unspecified atom stereocenters. The zero-order chi connectivity index (χ0) is 14.7. The second-order valence-electron chi connectivity index (χ2n) is 5.62. The summed E-state index contributed by atoms with van der Waals surface area (Å²) in [6, 6.07) is 7.93. The molecule has 2 atom stereocenters. The Hall–Kier alpha value is -1.88. The van der Waals surface area contributed by atoms with Crippen LogP contribution in [0, 0.1) is 5.92 Å². The highest BCUT2D eigenvalue weighted by Gasteiger charge is 2.24. The molecule has 3 rings (SSSR count). The molecule has 21 heavy (non-hydrogen) atoms. The van der Waals surface area contributed by atoms with Crippen molar-refractivity contribution in [1.82, 2.24) is 10.1 Å². The van der Waals surface area contributed by atoms with Gasteiger partial charge in [-0.15, -0.1) is 0 Å². The normalized spacial score (nSPS) is 22.2. The van der Waals surface area contributed by atoms with E-state index in [2.05, 4.69) is 10.1 Å². The SMILES string of the molecule is COc1ccccc1-c1noc(CC2CCCCC2N)n1. The molecule has 0 radical (unpaired) electrons. The molecule has 2 aromatic rings. The first-order chi connectivity index (χ1) is 10.3. The molecule has 0 aliphatic heterocycles. The monoisotopic (exact) mass is 287 g/mol. The summed E-state index contributed by atoms with van der Waals surface area (Å²) in [5.74, 6) is 2.44. The lowest BCUT2D eigenvalue weighted by atomic mass is 9.83. The van der Waals surface area contributed by atoms with Gasteiger partial charge in [0, 0.05) is 12.5 Å². The van der Waals surface area contributed by atoms with E-state index in [9.17, 15) is 0 Å². The van der Waals surface area contributed by atoms with E-state index in [1.54, 1.807) is 7.11 Å². The topological polar surface area (TPSA) is 74.2 Å². The minimum Gasteiger partial charge on any atom is -0.496 e. The van der Waals surface area contributed by atoms with Gasteiger partial charge in [-0.2, -0.15) is 4.98 Å². The van der Waals surface area contributed by atoms with E-state index >= 15 is 0 Å². The van der Waals surface area contributed by atoms with Crippen LogP contribution in [0.1, 0.15) is 31.6 Å². The van der Waals surface area contributed by atoms with E-state index in [0.717, 1.165) is 30.6 Å². The summed E-state index contributed by atoms with van der Waals surface area (Å²) in [5.41, 5.74) is 7.03. The molecule has 5 nitrogen and oxygen atoms in total. The zero-order valence-electron chi connectivity index (χ0n) is 12.3. The first-order valence-corrected chi connectivity index (χ1v) is 7.49. The van der Waals surface area contributed by atoms with Crippen LogP contribution < -0.4 is 10.5 Å². The average Bonchev–Trinajstić information content (AvgIpc) is 2.98. The number of aromatic nitrogens is 2. The number of nitrogens with two attached hydrogens (primary N) is 1. The summed E-state index contributed by atoms with van der Waals surface area (Å²) < 4.78 is 10.7. The lowest BCUT2D eigenvalue weighted by molar-refractivity contribution is 0.273. The molecule has 1 aliphatic rings. The van der Waals surface area contributed by atoms with Crippen molar-refractivity contribution in [3.05, 3.63) is 30.2 Å². The fourth-order valence-electron chi connectivity index (χ4n) is 2.99. The number of hydrogen-bond donors (Lipinski definition) is 1. The Morgan fingerprint density at radius 2 is 2.10 bits per heavy atom. The minimum atomic E-state index is 0.250. The Balaban J connectivity index is 1.77. The second kappa shape index (κ2) is 6.26. The van der Waals surface area contributed by atoms with E-state index in [-0.39, 0.29) is 6.04 Å². The van der Waals surface area contributed by atoms with Gasteiger partial charge in [0.15, 0.2) is 0 Å². The fraction of sp³-hybridized carbons (Fsp3) is 0.500. The number of ether oxygens (including phenoxy) is 1. The first kappa shape index (κ1) is 14.1. The molecule has 0 spiro atoms. The van der Waals surface area contributed by atoms with E-state index in [1.807, 2.05) is 24.3 Å². The molecule has 2 N–H and O–H groups in total. The van der Waals surface area contributed by atoms with E-state index < -0.39 is 0 Å². The molecule has 0 bridgehead atoms. The molecule has 112 valence electrons. The Morgan fingerprint density at radius 3 is 2.90 bits per heavy atom. The summed E-state index contributed by atoms with van der Waals surface area (Å²) in [7, 11) is 1.64. The van der Waals surface area contributed by atoms with Crippen molar-refractivity contribution in [3.8, 4) is 17.1 Å². The molecular formula is C16H21N3O2. The lowest BCUT2D eigenvalue weighted by Gasteiger charge is -2.27. The van der Waals surface area contributed by atoms with E-state index in [4.69, 9.17) is 15.0 Å². The fourth-order valence-corrected chi connectivity index (χ4v) is 2.99. The third-order valence-electron chi connectivity index (χ3n) is 4.22. The van der Waals surface area contributed by atoms with E-state index in [1.165, 1.54) is 12.8 Å². The van der Waals surface area contributed by atoms with Gasteiger partial charge in [-0.25, -0.2) is 0 Å². The number of para-hydroxylation sites is 1. The average molecular weight is 287 g/mol. The molecule has 1 heterocycles. The molecule has 5 heteroatoms. The van der Waals surface area contributed by atoms with Gasteiger partial charge in [0.05, 0.1) is 12.7 Å². The van der Waals surface area contributed by atoms with Crippen molar-refractivity contribution >= 4 is 0 Å². The Labute approximate surface area is 124 Å². The van der Waals surface area contributed by atoms with Gasteiger partial charge in [-0.05, 0) is 30.9 Å². The molecule has 1 aromatic carbocycles. The van der Waals surface area contributed by atoms with Crippen LogP contribution in [0.15, 0.2) is 28.8 Å². The Morgan fingerprint density at radius 1 is 1.29 bits per heavy atom. The van der Waals surface area contributed by atoms with E-state index in [0.29, 0.717) is 17.6 Å². The number of rotatable bonds is 4. The summed E-state index contributed by atoms with van der Waals surface area (Å²) in [6.45, 7) is 0. The van der Waals surface area contributed by atoms with Crippen LogP contribution in [0.3, 0.4) is 0 Å². The van der Waals surface area contributed by atoms with Crippen LogP contribution in [0.4, 0.5) is 0 Å². The van der Waals surface area contributed by atoms with Gasteiger partial charge in [-0.3, -0.25) is 0 Å². The van der Waals surface area contributed by atoms with Crippen LogP contribution in [-0.4, -0.2) is 23.3 Å². The summed E-state index contributed by atoms with van der Waals surface area (Å²) in [4.78, 5) is 4.50. The van der Waals surface area contributed by atoms with Gasteiger partial charge in [0.25, 0.3) is 0 Å². The van der Waals surface area contributed by atoms with Crippen molar-refractivity contribution < 1.29 is 9.26 Å². The Bertz CT molecular complexity index is 597. The van der Waals surface area contributed by atoms with Gasteiger partial charge in [0.2, 0.25) is 11.7 Å². The van der Waals surface area contributed by atoms with Gasteiger partial charge >= 0.3 is 0 Å². The van der Waals surface area contributed by atoms with Crippen LogP contribution in [-0.2, 0) is 6.42 Å². The number of nitrogens with zero attached hydrogens (tertiary/aromatic N) is 2. The number of methoxy groups -OCH3 is 1. The number of benzene rings is 1. The van der Waals surface area contributed by atoms with Crippen LogP contribution in [0.25, 0.3) is 11.4 Å². The molecule has 1 saturated carbocycles. The predicted octanol–water partition coefficient (Wildman–Crippen LogP) is 2.81. The summed E-state index contributed by atoms with van der Waals surface area (Å²) >= 11 is 0. The Kier molecular flexibility index (Phi) is 4.20. The largest absolute Gasteiger partial charge is 0.496 e. The maximum absolute atomic E-state index is 6.18. The third-order valence-corrected chi connectivity index (χ3v) is 4.22. The third kappa shape index (κ3) is 3.08. The van der Waals surface area contributed by atoms with Crippen LogP contribution >= 0.6 is 0 Å². The molecule has 0 amide bonds. The summed E-state index contributed by atoms with van der Waals surface area (Å²) in [5, 5.41) is 4.08. The predicted molar refractivity (Wildman–Crippen MR) is 79.9 cm³/mol. The van der Waals surface area contributed by atoms with Gasteiger partial charge in [0.1, 0.15) is 5.75 Å². The standard InChI is InChI=1S/C16H21N3O2/c1-20-14-9-5-3-7-12(14)16-18-15(21-19-16)10-11-6-2-4-8-13(11)17/h3,5,7,9,11,13H,2,4,6,8,10,17H2,1H3. The molecule has 1 fully saturated rings. The smallest absolute Gasteiger partial charge is 0.227 e. The minimum absolute atomic E-state index is 0.250. The van der Waals surface area contributed by atoms with Crippen molar-refractivity contribution in [3.63, 3.8) is 0 Å². The second-order valence-corrected chi connectivity index (χ2v) is 5.62.